The molecular weight excluding hydrogens is 528 g/mol. The maximum absolute atomic E-state index is 13.3. The molecule has 1 aliphatic rings. The molecule has 1 N–H and O–H groups in total. The van der Waals surface area contributed by atoms with Gasteiger partial charge in [0.15, 0.2) is 16.6 Å². The average Bonchev–Trinajstić information content (AvgIpc) is 2.81. The lowest BCUT2D eigenvalue weighted by Gasteiger charge is -2.29. The molecule has 0 spiro atoms. The molecule has 0 bridgehead atoms. The minimum atomic E-state index is -0.552. The van der Waals surface area contributed by atoms with Crippen molar-refractivity contribution in [1.29, 1.82) is 0 Å². The maximum atomic E-state index is 13.3. The Labute approximate surface area is 217 Å². The number of thiocarbonyl (C=S) groups is 1. The topological polar surface area (TPSA) is 67.9 Å². The number of carbonyl (C=O) groups excluding carboxylic acids is 2. The van der Waals surface area contributed by atoms with E-state index in [4.69, 9.17) is 21.7 Å². The van der Waals surface area contributed by atoms with Crippen molar-refractivity contribution in [2.24, 2.45) is 0 Å². The number of nitrogens with one attached hydrogen (secondary N) is 1. The van der Waals surface area contributed by atoms with Gasteiger partial charge in [-0.2, -0.15) is 0 Å². The normalized spacial score (nSPS) is 14.8. The SMILES string of the molecule is CCOc1cc(/C=C2/C(=O)NC(=S)N(c3cccc(Br)c3)C2=O)ccc1OCc1cccc(C)c1. The summed E-state index contributed by atoms with van der Waals surface area (Å²) in [6, 6.07) is 20.5. The fraction of sp³-hybridized carbons (Fsp3) is 0.148. The summed E-state index contributed by atoms with van der Waals surface area (Å²) in [4.78, 5) is 27.2. The van der Waals surface area contributed by atoms with E-state index in [0.717, 1.165) is 15.6 Å². The van der Waals surface area contributed by atoms with Crippen LogP contribution in [0.5, 0.6) is 11.5 Å². The molecule has 6 nitrogen and oxygen atoms in total. The van der Waals surface area contributed by atoms with E-state index in [9.17, 15) is 9.59 Å². The number of halogens is 1. The second kappa shape index (κ2) is 10.8. The van der Waals surface area contributed by atoms with E-state index in [2.05, 4.69) is 27.3 Å². The minimum absolute atomic E-state index is 0.0325. The van der Waals surface area contributed by atoms with Crippen molar-refractivity contribution in [2.45, 2.75) is 20.5 Å². The Kier molecular flexibility index (Phi) is 7.63. The number of amides is 2. The number of nitrogens with zero attached hydrogens (tertiary/aromatic N) is 1. The Morgan fingerprint density at radius 3 is 2.54 bits per heavy atom. The highest BCUT2D eigenvalue weighted by Crippen LogP contribution is 2.31. The van der Waals surface area contributed by atoms with Crippen molar-refractivity contribution in [1.82, 2.24) is 5.32 Å². The van der Waals surface area contributed by atoms with Gasteiger partial charge in [-0.3, -0.25) is 19.8 Å². The standard InChI is InChI=1S/C27H23BrN2O4S/c1-3-33-24-14-18(10-11-23(24)34-16-19-7-4-6-17(2)12-19)13-22-25(31)29-27(35)30(26(22)32)21-9-5-8-20(28)15-21/h4-15H,3,16H2,1-2H3,(H,29,31,35)/b22-13-. The van der Waals surface area contributed by atoms with Gasteiger partial charge in [0.1, 0.15) is 12.2 Å². The van der Waals surface area contributed by atoms with Crippen LogP contribution in [0.3, 0.4) is 0 Å². The molecule has 0 saturated carbocycles. The van der Waals surface area contributed by atoms with Crippen LogP contribution in [-0.2, 0) is 16.2 Å². The van der Waals surface area contributed by atoms with Crippen LogP contribution in [0.4, 0.5) is 5.69 Å². The van der Waals surface area contributed by atoms with Crippen molar-refractivity contribution in [3.05, 3.63) is 93.5 Å². The van der Waals surface area contributed by atoms with Crippen molar-refractivity contribution >= 4 is 56.8 Å². The summed E-state index contributed by atoms with van der Waals surface area (Å²) in [6.07, 6.45) is 1.53. The Hall–Kier alpha value is -3.49. The largest absolute Gasteiger partial charge is 0.490 e. The Balaban J connectivity index is 1.61. The molecule has 4 rings (SSSR count). The number of ether oxygens (including phenoxy) is 2. The van der Waals surface area contributed by atoms with E-state index in [1.807, 2.05) is 38.1 Å². The highest BCUT2D eigenvalue weighted by atomic mass is 79.9. The van der Waals surface area contributed by atoms with Gasteiger partial charge in [0.25, 0.3) is 11.8 Å². The molecule has 1 aliphatic heterocycles. The van der Waals surface area contributed by atoms with Crippen LogP contribution < -0.4 is 19.7 Å². The first-order valence-corrected chi connectivity index (χ1v) is 12.2. The second-order valence-electron chi connectivity index (χ2n) is 7.85. The molecule has 0 unspecified atom stereocenters. The van der Waals surface area contributed by atoms with E-state index < -0.39 is 11.8 Å². The van der Waals surface area contributed by atoms with Crippen LogP contribution in [-0.4, -0.2) is 23.5 Å². The molecule has 8 heteroatoms. The summed E-state index contributed by atoms with van der Waals surface area (Å²) >= 11 is 8.67. The number of rotatable bonds is 7. The third-order valence-corrected chi connectivity index (χ3v) is 6.00. The first kappa shape index (κ1) is 24.6. The fourth-order valence-electron chi connectivity index (χ4n) is 3.64. The average molecular weight is 551 g/mol. The lowest BCUT2D eigenvalue weighted by molar-refractivity contribution is -0.122. The number of aryl methyl sites for hydroxylation is 1. The van der Waals surface area contributed by atoms with Crippen molar-refractivity contribution < 1.29 is 19.1 Å². The van der Waals surface area contributed by atoms with Crippen LogP contribution in [0.1, 0.15) is 23.6 Å². The molecule has 178 valence electrons. The molecule has 3 aromatic carbocycles. The number of benzene rings is 3. The summed E-state index contributed by atoms with van der Waals surface area (Å²) in [5.41, 5.74) is 3.35. The first-order chi connectivity index (χ1) is 16.9. The predicted octanol–water partition coefficient (Wildman–Crippen LogP) is 5.57. The number of carbonyl (C=O) groups is 2. The minimum Gasteiger partial charge on any atom is -0.490 e. The molecule has 2 amide bonds. The van der Waals surface area contributed by atoms with Crippen LogP contribution in [0, 0.1) is 6.92 Å². The molecule has 1 saturated heterocycles. The zero-order chi connectivity index (χ0) is 24.9. The number of hydrogen-bond acceptors (Lipinski definition) is 5. The lowest BCUT2D eigenvalue weighted by Crippen LogP contribution is -2.54. The third-order valence-electron chi connectivity index (χ3n) is 5.22. The van der Waals surface area contributed by atoms with E-state index in [1.165, 1.54) is 11.0 Å². The molecule has 0 aliphatic carbocycles. The van der Waals surface area contributed by atoms with Crippen molar-refractivity contribution in [3.8, 4) is 11.5 Å². The zero-order valence-electron chi connectivity index (χ0n) is 19.2. The predicted molar refractivity (Wildman–Crippen MR) is 143 cm³/mol. The van der Waals surface area contributed by atoms with Gasteiger partial charge in [0, 0.05) is 4.47 Å². The monoisotopic (exact) mass is 550 g/mol. The van der Waals surface area contributed by atoms with E-state index in [1.54, 1.807) is 36.4 Å². The van der Waals surface area contributed by atoms with Gasteiger partial charge >= 0.3 is 0 Å². The molecule has 35 heavy (non-hydrogen) atoms. The summed E-state index contributed by atoms with van der Waals surface area (Å²) in [6.45, 7) is 4.74. The molecular formula is C27H23BrN2O4S. The smallest absolute Gasteiger partial charge is 0.270 e. The van der Waals surface area contributed by atoms with Gasteiger partial charge in [-0.15, -0.1) is 0 Å². The van der Waals surface area contributed by atoms with Gasteiger partial charge in [0.2, 0.25) is 0 Å². The van der Waals surface area contributed by atoms with Gasteiger partial charge < -0.3 is 9.47 Å². The summed E-state index contributed by atoms with van der Waals surface area (Å²) in [7, 11) is 0. The second-order valence-corrected chi connectivity index (χ2v) is 9.16. The van der Waals surface area contributed by atoms with Gasteiger partial charge in [-0.25, -0.2) is 0 Å². The van der Waals surface area contributed by atoms with Crippen LogP contribution >= 0.6 is 28.1 Å². The molecule has 1 fully saturated rings. The maximum Gasteiger partial charge on any atom is 0.270 e. The number of hydrogen-bond donors (Lipinski definition) is 1. The highest BCUT2D eigenvalue weighted by Gasteiger charge is 2.34. The van der Waals surface area contributed by atoms with Crippen molar-refractivity contribution in [3.63, 3.8) is 0 Å². The molecule has 3 aromatic rings. The van der Waals surface area contributed by atoms with E-state index >= 15 is 0 Å². The van der Waals surface area contributed by atoms with E-state index in [-0.39, 0.29) is 10.7 Å². The number of anilines is 1. The molecule has 0 atom stereocenters. The van der Waals surface area contributed by atoms with Gasteiger partial charge in [-0.05, 0) is 73.6 Å². The molecule has 0 radical (unpaired) electrons. The molecule has 0 aromatic heterocycles. The van der Waals surface area contributed by atoms with Gasteiger partial charge in [-0.1, -0.05) is 57.9 Å². The van der Waals surface area contributed by atoms with Crippen LogP contribution in [0.2, 0.25) is 0 Å². The summed E-state index contributed by atoms with van der Waals surface area (Å²) < 4.78 is 12.6. The van der Waals surface area contributed by atoms with Crippen LogP contribution in [0.25, 0.3) is 6.08 Å². The molecule has 1 heterocycles. The van der Waals surface area contributed by atoms with E-state index in [0.29, 0.717) is 36.0 Å². The van der Waals surface area contributed by atoms with Crippen LogP contribution in [0.15, 0.2) is 76.8 Å². The summed E-state index contributed by atoms with van der Waals surface area (Å²) in [5, 5.41) is 2.63. The zero-order valence-corrected chi connectivity index (χ0v) is 21.6. The third kappa shape index (κ3) is 5.78. The Morgan fingerprint density at radius 2 is 1.80 bits per heavy atom. The summed E-state index contributed by atoms with van der Waals surface area (Å²) in [5.74, 6) is 0.0444. The quantitative estimate of drug-likeness (QED) is 0.237. The van der Waals surface area contributed by atoms with Crippen molar-refractivity contribution in [2.75, 3.05) is 11.5 Å². The fourth-order valence-corrected chi connectivity index (χ4v) is 4.31. The highest BCUT2D eigenvalue weighted by molar-refractivity contribution is 9.10. The lowest BCUT2D eigenvalue weighted by atomic mass is 10.1. The van der Waals surface area contributed by atoms with Gasteiger partial charge in [0.05, 0.1) is 12.3 Å². The Bertz CT molecular complexity index is 1340. The Morgan fingerprint density at radius 1 is 1.00 bits per heavy atom. The first-order valence-electron chi connectivity index (χ1n) is 11.0.